The van der Waals surface area contributed by atoms with Crippen LogP contribution in [0.3, 0.4) is 0 Å². The van der Waals surface area contributed by atoms with Crippen molar-refractivity contribution in [1.82, 2.24) is 10.5 Å². The first-order valence-electron chi connectivity index (χ1n) is 12.1. The maximum Gasteiger partial charge on any atom is 0.251 e. The molecule has 3 aromatic rings. The lowest BCUT2D eigenvalue weighted by Gasteiger charge is -2.32. The van der Waals surface area contributed by atoms with E-state index in [0.29, 0.717) is 5.76 Å². The molecule has 2 aromatic heterocycles. The van der Waals surface area contributed by atoms with E-state index in [4.69, 9.17) is 8.94 Å². The summed E-state index contributed by atoms with van der Waals surface area (Å²) in [5.74, 6) is -0.839. The Morgan fingerprint density at radius 2 is 1.95 bits per heavy atom. The summed E-state index contributed by atoms with van der Waals surface area (Å²) in [5.41, 5.74) is 0.216. The molecule has 1 aliphatic carbocycles. The van der Waals surface area contributed by atoms with Gasteiger partial charge in [0.2, 0.25) is 11.8 Å². The summed E-state index contributed by atoms with van der Waals surface area (Å²) in [6, 6.07) is 9.20. The van der Waals surface area contributed by atoms with Gasteiger partial charge in [-0.25, -0.2) is 4.39 Å². The van der Waals surface area contributed by atoms with E-state index in [9.17, 15) is 18.8 Å². The van der Waals surface area contributed by atoms with Crippen LogP contribution < -0.4 is 15.5 Å². The van der Waals surface area contributed by atoms with Crippen LogP contribution in [0.25, 0.3) is 0 Å². The second-order valence-electron chi connectivity index (χ2n) is 8.87. The lowest BCUT2D eigenvalue weighted by atomic mass is 9.95. The Morgan fingerprint density at radius 1 is 1.14 bits per heavy atom. The minimum absolute atomic E-state index is 0.00131. The molecule has 1 saturated carbocycles. The zero-order chi connectivity index (χ0) is 26.2. The maximum absolute atomic E-state index is 14.2. The van der Waals surface area contributed by atoms with Crippen LogP contribution >= 0.6 is 11.8 Å². The fraction of sp³-hybridized carbons (Fsp3) is 0.385. The molecule has 0 bridgehead atoms. The van der Waals surface area contributed by atoms with Crippen LogP contribution in [0.1, 0.15) is 49.7 Å². The third kappa shape index (κ3) is 7.22. The molecular formula is C26H29FN4O5S. The van der Waals surface area contributed by atoms with Crippen molar-refractivity contribution in [3.05, 3.63) is 66.1 Å². The molecule has 1 atom stereocenters. The minimum Gasteiger partial charge on any atom is -0.467 e. The molecule has 0 radical (unpaired) electrons. The molecule has 1 aliphatic rings. The molecular weight excluding hydrogens is 499 g/mol. The number of carbonyl (C=O) groups excluding carboxylic acids is 3. The number of furan rings is 1. The first-order chi connectivity index (χ1) is 17.9. The lowest BCUT2D eigenvalue weighted by molar-refractivity contribution is -0.127. The van der Waals surface area contributed by atoms with Gasteiger partial charge in [0.1, 0.15) is 17.3 Å². The first-order valence-corrected chi connectivity index (χ1v) is 13.3. The van der Waals surface area contributed by atoms with Gasteiger partial charge in [0.25, 0.3) is 5.91 Å². The van der Waals surface area contributed by atoms with Gasteiger partial charge in [0.15, 0.2) is 11.9 Å². The first kappa shape index (κ1) is 26.5. The summed E-state index contributed by atoms with van der Waals surface area (Å²) < 4.78 is 24.7. The molecule has 0 saturated heterocycles. The van der Waals surface area contributed by atoms with Crippen molar-refractivity contribution in [2.75, 3.05) is 21.7 Å². The number of rotatable bonds is 10. The summed E-state index contributed by atoms with van der Waals surface area (Å²) in [4.78, 5) is 40.6. The average molecular weight is 529 g/mol. The van der Waals surface area contributed by atoms with Crippen molar-refractivity contribution < 1.29 is 27.7 Å². The predicted molar refractivity (Wildman–Crippen MR) is 138 cm³/mol. The Bertz CT molecular complexity index is 1210. The standard InChI is InChI=1S/C26H29FN4O5S/c1-17-13-22(30-36-17)29-23(32)15-37-16-24(33)31(20-10-5-7-18(27)14-20)25(21-11-6-12-35-21)26(34)28-19-8-3-2-4-9-19/h5-7,10-14,19,25H,2-4,8-9,15-16H2,1H3,(H,28,34)(H,29,30,32). The molecule has 1 fully saturated rings. The monoisotopic (exact) mass is 528 g/mol. The third-order valence-electron chi connectivity index (χ3n) is 5.98. The SMILES string of the molecule is Cc1cc(NC(=O)CSCC(=O)N(c2cccc(F)c2)C(C(=O)NC2CCCCC2)c2ccco2)no1. The summed E-state index contributed by atoms with van der Waals surface area (Å²) in [6.45, 7) is 1.71. The Hall–Kier alpha value is -3.60. The predicted octanol–water partition coefficient (Wildman–Crippen LogP) is 4.61. The second kappa shape index (κ2) is 12.6. The quantitative estimate of drug-likeness (QED) is 0.395. The van der Waals surface area contributed by atoms with Crippen LogP contribution in [0.2, 0.25) is 0 Å². The number of aryl methyl sites for hydroxylation is 1. The van der Waals surface area contributed by atoms with Gasteiger partial charge in [-0.1, -0.05) is 30.5 Å². The van der Waals surface area contributed by atoms with Gasteiger partial charge in [0, 0.05) is 17.8 Å². The van der Waals surface area contributed by atoms with Gasteiger partial charge < -0.3 is 19.6 Å². The van der Waals surface area contributed by atoms with Crippen LogP contribution in [0.5, 0.6) is 0 Å². The number of thioether (sulfide) groups is 1. The molecule has 196 valence electrons. The Labute approximate surface area is 218 Å². The van der Waals surface area contributed by atoms with Crippen LogP contribution in [-0.2, 0) is 14.4 Å². The summed E-state index contributed by atoms with van der Waals surface area (Å²) >= 11 is 1.07. The van der Waals surface area contributed by atoms with Crippen LogP contribution in [-0.4, -0.2) is 40.4 Å². The van der Waals surface area contributed by atoms with E-state index in [1.165, 1.54) is 29.4 Å². The fourth-order valence-electron chi connectivity index (χ4n) is 4.32. The number of benzene rings is 1. The highest BCUT2D eigenvalue weighted by molar-refractivity contribution is 8.00. The van der Waals surface area contributed by atoms with Crippen molar-refractivity contribution >= 4 is 41.0 Å². The highest BCUT2D eigenvalue weighted by Crippen LogP contribution is 2.30. The summed E-state index contributed by atoms with van der Waals surface area (Å²) in [5, 5.41) is 9.36. The summed E-state index contributed by atoms with van der Waals surface area (Å²) in [6.07, 6.45) is 6.32. The van der Waals surface area contributed by atoms with Crippen molar-refractivity contribution in [1.29, 1.82) is 0 Å². The number of nitrogens with zero attached hydrogens (tertiary/aromatic N) is 2. The van der Waals surface area contributed by atoms with Crippen molar-refractivity contribution in [3.63, 3.8) is 0 Å². The van der Waals surface area contributed by atoms with Gasteiger partial charge in [-0.15, -0.1) is 11.8 Å². The lowest BCUT2D eigenvalue weighted by Crippen LogP contribution is -2.47. The normalized spacial score (nSPS) is 14.6. The molecule has 1 unspecified atom stereocenters. The van der Waals surface area contributed by atoms with Gasteiger partial charge in [-0.3, -0.25) is 19.3 Å². The van der Waals surface area contributed by atoms with Gasteiger partial charge in [-0.2, -0.15) is 0 Å². The Kier molecular flexibility index (Phi) is 8.99. The minimum atomic E-state index is -1.14. The number of nitrogens with one attached hydrogen (secondary N) is 2. The van der Waals surface area contributed by atoms with E-state index in [0.717, 1.165) is 43.9 Å². The number of hydrogen-bond donors (Lipinski definition) is 2. The Balaban J connectivity index is 1.52. The van der Waals surface area contributed by atoms with Crippen LogP contribution in [0.4, 0.5) is 15.9 Å². The van der Waals surface area contributed by atoms with Crippen LogP contribution in [0, 0.1) is 12.7 Å². The third-order valence-corrected chi connectivity index (χ3v) is 6.90. The van der Waals surface area contributed by atoms with E-state index in [-0.39, 0.29) is 40.7 Å². The van der Waals surface area contributed by atoms with E-state index < -0.39 is 23.7 Å². The van der Waals surface area contributed by atoms with E-state index >= 15 is 0 Å². The van der Waals surface area contributed by atoms with E-state index in [2.05, 4.69) is 15.8 Å². The zero-order valence-corrected chi connectivity index (χ0v) is 21.3. The molecule has 2 heterocycles. The van der Waals surface area contributed by atoms with Crippen molar-refractivity contribution in [3.8, 4) is 0 Å². The highest BCUT2D eigenvalue weighted by atomic mass is 32.2. The number of carbonyl (C=O) groups is 3. The smallest absolute Gasteiger partial charge is 0.251 e. The number of amides is 3. The van der Waals surface area contributed by atoms with Crippen molar-refractivity contribution in [2.24, 2.45) is 0 Å². The highest BCUT2D eigenvalue weighted by Gasteiger charge is 2.36. The van der Waals surface area contributed by atoms with Crippen LogP contribution in [0.15, 0.2) is 57.7 Å². The zero-order valence-electron chi connectivity index (χ0n) is 20.4. The van der Waals surface area contributed by atoms with Gasteiger partial charge in [-0.05, 0) is 50.1 Å². The molecule has 9 nitrogen and oxygen atoms in total. The second-order valence-corrected chi connectivity index (χ2v) is 9.85. The summed E-state index contributed by atoms with van der Waals surface area (Å²) in [7, 11) is 0. The maximum atomic E-state index is 14.2. The fourth-order valence-corrected chi connectivity index (χ4v) is 4.99. The number of anilines is 2. The molecule has 3 amide bonds. The molecule has 4 rings (SSSR count). The van der Waals surface area contributed by atoms with Crippen molar-refractivity contribution in [2.45, 2.75) is 51.1 Å². The number of aromatic nitrogens is 1. The Morgan fingerprint density at radius 3 is 2.62 bits per heavy atom. The molecule has 2 N–H and O–H groups in total. The van der Waals surface area contributed by atoms with E-state index in [1.807, 2.05) is 0 Å². The molecule has 37 heavy (non-hydrogen) atoms. The molecule has 0 spiro atoms. The average Bonchev–Trinajstić information content (AvgIpc) is 3.54. The van der Waals surface area contributed by atoms with Gasteiger partial charge in [0.05, 0.1) is 17.8 Å². The molecule has 0 aliphatic heterocycles. The van der Waals surface area contributed by atoms with Gasteiger partial charge >= 0.3 is 0 Å². The van der Waals surface area contributed by atoms with E-state index in [1.54, 1.807) is 31.2 Å². The molecule has 11 heteroatoms. The topological polar surface area (TPSA) is 118 Å². The number of halogens is 1. The largest absolute Gasteiger partial charge is 0.467 e. The number of hydrogen-bond acceptors (Lipinski definition) is 7. The molecule has 1 aromatic carbocycles.